The van der Waals surface area contributed by atoms with Crippen LogP contribution < -0.4 is 10.3 Å². The molecule has 0 aliphatic carbocycles. The first-order valence-corrected chi connectivity index (χ1v) is 11.5. The Morgan fingerprint density at radius 3 is 2.93 bits per heavy atom. The fourth-order valence-corrected chi connectivity index (χ4v) is 5.34. The van der Waals surface area contributed by atoms with Crippen molar-refractivity contribution in [1.29, 1.82) is 0 Å². The number of hydrogen-bond acceptors (Lipinski definition) is 6. The molecule has 0 unspecified atom stereocenters. The number of carbonyl (C=O) groups is 1. The lowest BCUT2D eigenvalue weighted by atomic mass is 10.0. The molecule has 1 atom stereocenters. The number of piperidine rings is 1. The van der Waals surface area contributed by atoms with Crippen molar-refractivity contribution in [3.8, 4) is 11.4 Å². The number of fused-ring (bicyclic) bond motifs is 1. The van der Waals surface area contributed by atoms with Crippen LogP contribution >= 0.6 is 23.1 Å². The molecule has 0 N–H and O–H groups in total. The van der Waals surface area contributed by atoms with Crippen LogP contribution in [-0.2, 0) is 4.79 Å². The van der Waals surface area contributed by atoms with E-state index in [4.69, 9.17) is 9.72 Å². The third-order valence-electron chi connectivity index (χ3n) is 5.22. The topological polar surface area (TPSA) is 64.4 Å². The third-order valence-corrected chi connectivity index (χ3v) is 7.04. The minimum atomic E-state index is -0.143. The quantitative estimate of drug-likeness (QED) is 0.454. The summed E-state index contributed by atoms with van der Waals surface area (Å²) in [6, 6.07) is 9.47. The van der Waals surface area contributed by atoms with Gasteiger partial charge in [-0.05, 0) is 49.8 Å². The van der Waals surface area contributed by atoms with Crippen molar-refractivity contribution >= 4 is 39.2 Å². The van der Waals surface area contributed by atoms with E-state index in [0.717, 1.165) is 19.4 Å². The molecule has 6 nitrogen and oxygen atoms in total. The highest BCUT2D eigenvalue weighted by Crippen LogP contribution is 2.28. The van der Waals surface area contributed by atoms with Gasteiger partial charge in [0.1, 0.15) is 10.4 Å². The number of nitrogens with zero attached hydrogens (tertiary/aromatic N) is 3. The second-order valence-corrected chi connectivity index (χ2v) is 8.92. The SMILES string of the molecule is COc1ccccc1-n1c(SCC(=O)N2CCCC[C@H]2C)nc2ccsc2c1=O. The Hall–Kier alpha value is -2.32. The van der Waals surface area contributed by atoms with Crippen molar-refractivity contribution in [2.75, 3.05) is 19.4 Å². The van der Waals surface area contributed by atoms with Crippen LogP contribution in [0.3, 0.4) is 0 Å². The number of likely N-dealkylation sites (tertiary alicyclic amines) is 1. The average Bonchev–Trinajstić information content (AvgIpc) is 3.21. The Bertz CT molecular complexity index is 1090. The summed E-state index contributed by atoms with van der Waals surface area (Å²) >= 11 is 2.68. The highest BCUT2D eigenvalue weighted by Gasteiger charge is 2.24. The predicted molar refractivity (Wildman–Crippen MR) is 118 cm³/mol. The molecule has 0 bridgehead atoms. The van der Waals surface area contributed by atoms with Crippen molar-refractivity contribution in [2.45, 2.75) is 37.4 Å². The molecule has 0 radical (unpaired) electrons. The standard InChI is InChI=1S/C21H23N3O3S2/c1-14-7-5-6-11-23(14)18(25)13-29-21-22-15-10-12-28-19(15)20(26)24(21)16-8-3-4-9-17(16)27-2/h3-4,8-10,12,14H,5-7,11,13H2,1-2H3/t14-/m1/s1. The van der Waals surface area contributed by atoms with Crippen LogP contribution in [0.1, 0.15) is 26.2 Å². The first kappa shape index (κ1) is 20.0. The number of benzene rings is 1. The molecule has 1 saturated heterocycles. The summed E-state index contributed by atoms with van der Waals surface area (Å²) in [7, 11) is 1.58. The van der Waals surface area contributed by atoms with Crippen molar-refractivity contribution in [2.24, 2.45) is 0 Å². The highest BCUT2D eigenvalue weighted by atomic mass is 32.2. The first-order chi connectivity index (χ1) is 14.1. The molecule has 1 aliphatic rings. The van der Waals surface area contributed by atoms with E-state index in [1.807, 2.05) is 40.6 Å². The van der Waals surface area contributed by atoms with E-state index in [-0.39, 0.29) is 23.3 Å². The number of methoxy groups -OCH3 is 1. The van der Waals surface area contributed by atoms with Gasteiger partial charge in [0.15, 0.2) is 5.16 Å². The molecule has 1 aromatic carbocycles. The van der Waals surface area contributed by atoms with Gasteiger partial charge < -0.3 is 9.64 Å². The maximum absolute atomic E-state index is 13.2. The summed E-state index contributed by atoms with van der Waals surface area (Å²) in [5.41, 5.74) is 1.15. The smallest absolute Gasteiger partial charge is 0.276 e. The van der Waals surface area contributed by atoms with Crippen LogP contribution in [0.15, 0.2) is 45.7 Å². The Morgan fingerprint density at radius 1 is 1.31 bits per heavy atom. The molecular weight excluding hydrogens is 406 g/mol. The molecule has 1 aliphatic heterocycles. The number of thioether (sulfide) groups is 1. The molecule has 152 valence electrons. The highest BCUT2D eigenvalue weighted by molar-refractivity contribution is 7.99. The van der Waals surface area contributed by atoms with Crippen LogP contribution in [0, 0.1) is 0 Å². The van der Waals surface area contributed by atoms with Gasteiger partial charge in [0.05, 0.1) is 24.1 Å². The van der Waals surface area contributed by atoms with E-state index < -0.39 is 0 Å². The monoisotopic (exact) mass is 429 g/mol. The minimum absolute atomic E-state index is 0.0911. The lowest BCUT2D eigenvalue weighted by Crippen LogP contribution is -2.43. The van der Waals surface area contributed by atoms with Gasteiger partial charge in [-0.3, -0.25) is 14.2 Å². The zero-order chi connectivity index (χ0) is 20.4. The van der Waals surface area contributed by atoms with Gasteiger partial charge in [-0.15, -0.1) is 11.3 Å². The van der Waals surface area contributed by atoms with E-state index in [9.17, 15) is 9.59 Å². The Balaban J connectivity index is 1.71. The van der Waals surface area contributed by atoms with Crippen LogP contribution in [-0.4, -0.2) is 45.8 Å². The summed E-state index contributed by atoms with van der Waals surface area (Å²) in [6.45, 7) is 2.90. The number of aromatic nitrogens is 2. The fraction of sp³-hybridized carbons (Fsp3) is 0.381. The zero-order valence-electron chi connectivity index (χ0n) is 16.5. The number of thiophene rings is 1. The second kappa shape index (κ2) is 8.59. The van der Waals surface area contributed by atoms with E-state index in [0.29, 0.717) is 26.8 Å². The fourth-order valence-electron chi connectivity index (χ4n) is 3.69. The summed E-state index contributed by atoms with van der Waals surface area (Å²) in [5, 5.41) is 2.36. The lowest BCUT2D eigenvalue weighted by Gasteiger charge is -2.33. The second-order valence-electron chi connectivity index (χ2n) is 7.06. The van der Waals surface area contributed by atoms with Crippen molar-refractivity contribution in [1.82, 2.24) is 14.5 Å². The van der Waals surface area contributed by atoms with Crippen LogP contribution in [0.5, 0.6) is 5.75 Å². The number of rotatable bonds is 5. The normalized spacial score (nSPS) is 16.9. The van der Waals surface area contributed by atoms with Gasteiger partial charge in [0, 0.05) is 12.6 Å². The lowest BCUT2D eigenvalue weighted by molar-refractivity contribution is -0.131. The molecule has 0 spiro atoms. The first-order valence-electron chi connectivity index (χ1n) is 9.66. The largest absolute Gasteiger partial charge is 0.495 e. The van der Waals surface area contributed by atoms with Gasteiger partial charge in [-0.1, -0.05) is 23.9 Å². The van der Waals surface area contributed by atoms with E-state index >= 15 is 0 Å². The summed E-state index contributed by atoms with van der Waals surface area (Å²) in [6.07, 6.45) is 3.26. The van der Waals surface area contributed by atoms with Crippen LogP contribution in [0.4, 0.5) is 0 Å². The van der Waals surface area contributed by atoms with E-state index in [2.05, 4.69) is 6.92 Å². The molecule has 3 heterocycles. The van der Waals surface area contributed by atoms with Crippen molar-refractivity contribution < 1.29 is 9.53 Å². The molecule has 4 rings (SSSR count). The molecule has 0 saturated carbocycles. The van der Waals surface area contributed by atoms with E-state index in [1.54, 1.807) is 11.7 Å². The zero-order valence-corrected chi connectivity index (χ0v) is 18.1. The molecule has 29 heavy (non-hydrogen) atoms. The number of carbonyl (C=O) groups excluding carboxylic acids is 1. The van der Waals surface area contributed by atoms with E-state index in [1.165, 1.54) is 29.5 Å². The maximum Gasteiger partial charge on any atom is 0.276 e. The molecule has 3 aromatic rings. The maximum atomic E-state index is 13.2. The van der Waals surface area contributed by atoms with Crippen LogP contribution in [0.25, 0.3) is 15.9 Å². The van der Waals surface area contributed by atoms with Gasteiger partial charge in [0.2, 0.25) is 5.91 Å². The van der Waals surface area contributed by atoms with Crippen LogP contribution in [0.2, 0.25) is 0 Å². The molecule has 1 fully saturated rings. The molecule has 1 amide bonds. The van der Waals surface area contributed by atoms with Gasteiger partial charge in [-0.2, -0.15) is 0 Å². The summed E-state index contributed by atoms with van der Waals surface area (Å²) in [4.78, 5) is 32.7. The molecule has 8 heteroatoms. The minimum Gasteiger partial charge on any atom is -0.495 e. The number of ether oxygens (including phenoxy) is 1. The van der Waals surface area contributed by atoms with Gasteiger partial charge in [-0.25, -0.2) is 4.98 Å². The number of hydrogen-bond donors (Lipinski definition) is 0. The van der Waals surface area contributed by atoms with Gasteiger partial charge >= 0.3 is 0 Å². The van der Waals surface area contributed by atoms with Crippen molar-refractivity contribution in [3.05, 3.63) is 46.1 Å². The molecular formula is C21H23N3O3S2. The predicted octanol–water partition coefficient (Wildman–Crippen LogP) is 3.95. The Labute approximate surface area is 177 Å². The van der Waals surface area contributed by atoms with Crippen molar-refractivity contribution in [3.63, 3.8) is 0 Å². The Morgan fingerprint density at radius 2 is 2.14 bits per heavy atom. The molecule has 2 aromatic heterocycles. The van der Waals surface area contributed by atoms with Gasteiger partial charge in [0.25, 0.3) is 5.56 Å². The Kier molecular flexibility index (Phi) is 5.91. The summed E-state index contributed by atoms with van der Waals surface area (Å²) < 4.78 is 7.63. The summed E-state index contributed by atoms with van der Waals surface area (Å²) in [5.74, 6) is 0.931. The third kappa shape index (κ3) is 3.91. The average molecular weight is 430 g/mol. The number of para-hydroxylation sites is 2. The number of amides is 1.